The van der Waals surface area contributed by atoms with Crippen molar-refractivity contribution in [2.24, 2.45) is 0 Å². The zero-order chi connectivity index (χ0) is 24.4. The van der Waals surface area contributed by atoms with Gasteiger partial charge in [0.25, 0.3) is 10.9 Å². The van der Waals surface area contributed by atoms with E-state index in [1.807, 2.05) is 6.07 Å². The Kier molecular flexibility index (Phi) is 6.51. The Hall–Kier alpha value is -3.91. The lowest BCUT2D eigenvalue weighted by atomic mass is 9.96. The molecule has 2 atom stereocenters. The highest BCUT2D eigenvalue weighted by molar-refractivity contribution is 5.70. The molecule has 174 valence electrons. The Morgan fingerprint density at radius 2 is 1.50 bits per heavy atom. The minimum absolute atomic E-state index is 0.0319. The van der Waals surface area contributed by atoms with E-state index in [1.54, 1.807) is 37.3 Å². The van der Waals surface area contributed by atoms with Gasteiger partial charge in [-0.3, -0.25) is 14.9 Å². The van der Waals surface area contributed by atoms with Gasteiger partial charge in [-0.05, 0) is 60.0 Å². The number of halogens is 3. The van der Waals surface area contributed by atoms with Gasteiger partial charge in [0, 0.05) is 11.7 Å². The van der Waals surface area contributed by atoms with Crippen LogP contribution >= 0.6 is 0 Å². The molecule has 0 aliphatic rings. The predicted molar refractivity (Wildman–Crippen MR) is 124 cm³/mol. The monoisotopic (exact) mass is 466 g/mol. The molecule has 4 aromatic rings. The molecule has 2 unspecified atom stereocenters. The third-order valence-electron chi connectivity index (χ3n) is 5.62. The lowest BCUT2D eigenvalue weighted by Crippen LogP contribution is -2.34. The molecule has 2 N–H and O–H groups in total. The van der Waals surface area contributed by atoms with Crippen LogP contribution in [0.3, 0.4) is 0 Å². The Balaban J connectivity index is 1.68. The van der Waals surface area contributed by atoms with Crippen LogP contribution < -0.4 is 26.2 Å². The molecule has 5 nitrogen and oxygen atoms in total. The van der Waals surface area contributed by atoms with Crippen LogP contribution in [0, 0.1) is 17.5 Å². The van der Waals surface area contributed by atoms with Gasteiger partial charge in [-0.15, -0.1) is 0 Å². The molecule has 0 amide bonds. The normalized spacial score (nSPS) is 13.0. The molecule has 8 heteroatoms. The Morgan fingerprint density at radius 1 is 0.794 bits per heavy atom. The van der Waals surface area contributed by atoms with Crippen molar-refractivity contribution in [3.63, 3.8) is 0 Å². The summed E-state index contributed by atoms with van der Waals surface area (Å²) in [5, 5.41) is 6.30. The third kappa shape index (κ3) is 4.58. The van der Waals surface area contributed by atoms with Crippen LogP contribution in [0.1, 0.15) is 35.7 Å². The fourth-order valence-electron chi connectivity index (χ4n) is 3.79. The smallest absolute Gasteiger partial charge is 0.272 e. The van der Waals surface area contributed by atoms with Gasteiger partial charge in [-0.25, -0.2) is 13.2 Å². The van der Waals surface area contributed by atoms with Crippen LogP contribution in [0.2, 0.25) is 0 Å². The molecule has 0 aromatic heterocycles. The van der Waals surface area contributed by atoms with Crippen LogP contribution in [-0.2, 0) is 0 Å². The lowest BCUT2D eigenvalue weighted by molar-refractivity contribution is 0.408. The molecular formula is C26H21F3N2O3. The van der Waals surface area contributed by atoms with Crippen molar-refractivity contribution >= 4 is 11.4 Å². The second-order valence-electron chi connectivity index (χ2n) is 7.86. The highest BCUT2D eigenvalue weighted by Gasteiger charge is 2.23. The maximum Gasteiger partial charge on any atom is 0.272 e. The second-order valence-corrected chi connectivity index (χ2v) is 7.86. The van der Waals surface area contributed by atoms with E-state index in [9.17, 15) is 22.8 Å². The predicted octanol–water partition coefficient (Wildman–Crippen LogP) is 4.89. The summed E-state index contributed by atoms with van der Waals surface area (Å²) in [4.78, 5) is 23.5. The molecule has 0 saturated carbocycles. The lowest BCUT2D eigenvalue weighted by Gasteiger charge is -2.25. The van der Waals surface area contributed by atoms with E-state index in [0.717, 1.165) is 23.3 Å². The molecule has 0 radical (unpaired) electrons. The highest BCUT2D eigenvalue weighted by Crippen LogP contribution is 2.30. The molecule has 34 heavy (non-hydrogen) atoms. The summed E-state index contributed by atoms with van der Waals surface area (Å²) in [7, 11) is 1.31. The van der Waals surface area contributed by atoms with Gasteiger partial charge in [0.15, 0.2) is 17.4 Å². The van der Waals surface area contributed by atoms with Gasteiger partial charge in [-0.2, -0.15) is 0 Å². The first-order valence-corrected chi connectivity index (χ1v) is 10.5. The van der Waals surface area contributed by atoms with Crippen molar-refractivity contribution in [2.45, 2.75) is 19.0 Å². The van der Waals surface area contributed by atoms with Crippen molar-refractivity contribution < 1.29 is 17.9 Å². The SMILES string of the molecule is COc1c(Nc2cccc(C(NC(C)c3ccc(F)c(F)c3)c3ccc(F)cc3)c2)c(=O)c1=O. The Labute approximate surface area is 193 Å². The minimum Gasteiger partial charge on any atom is -0.491 e. The molecule has 4 aromatic carbocycles. The van der Waals surface area contributed by atoms with Gasteiger partial charge < -0.3 is 10.1 Å². The summed E-state index contributed by atoms with van der Waals surface area (Å²) in [6, 6.07) is 15.9. The maximum absolute atomic E-state index is 13.8. The van der Waals surface area contributed by atoms with Gasteiger partial charge in [0.05, 0.1) is 13.2 Å². The quantitative estimate of drug-likeness (QED) is 0.362. The number of ether oxygens (including phenoxy) is 1. The number of anilines is 2. The third-order valence-corrected chi connectivity index (χ3v) is 5.62. The van der Waals surface area contributed by atoms with E-state index in [-0.39, 0.29) is 11.4 Å². The van der Waals surface area contributed by atoms with E-state index in [1.165, 1.54) is 25.3 Å². The van der Waals surface area contributed by atoms with Gasteiger partial charge in [0.2, 0.25) is 0 Å². The number of methoxy groups -OCH3 is 1. The topological polar surface area (TPSA) is 67.4 Å². The molecule has 0 fully saturated rings. The molecule has 0 heterocycles. The number of hydrogen-bond donors (Lipinski definition) is 2. The van der Waals surface area contributed by atoms with E-state index in [4.69, 9.17) is 4.74 Å². The summed E-state index contributed by atoms with van der Waals surface area (Å²) in [6.07, 6.45) is 0. The summed E-state index contributed by atoms with van der Waals surface area (Å²) >= 11 is 0. The van der Waals surface area contributed by atoms with Crippen molar-refractivity contribution in [2.75, 3.05) is 12.4 Å². The maximum atomic E-state index is 13.8. The molecular weight excluding hydrogens is 445 g/mol. The number of nitrogens with one attached hydrogen (secondary N) is 2. The Morgan fingerprint density at radius 3 is 2.18 bits per heavy atom. The summed E-state index contributed by atoms with van der Waals surface area (Å²) < 4.78 is 45.7. The average molecular weight is 466 g/mol. The van der Waals surface area contributed by atoms with Crippen molar-refractivity contribution in [3.8, 4) is 5.75 Å². The summed E-state index contributed by atoms with van der Waals surface area (Å²) in [5.41, 5.74) is 1.29. The van der Waals surface area contributed by atoms with Crippen LogP contribution in [0.5, 0.6) is 5.75 Å². The molecule has 0 bridgehead atoms. The zero-order valence-corrected chi connectivity index (χ0v) is 18.4. The first-order chi connectivity index (χ1) is 16.3. The molecule has 0 aliphatic carbocycles. The van der Waals surface area contributed by atoms with Crippen molar-refractivity contribution in [1.82, 2.24) is 5.32 Å². The minimum atomic E-state index is -0.947. The molecule has 4 rings (SSSR count). The first kappa shape index (κ1) is 23.3. The molecule has 0 saturated heterocycles. The second kappa shape index (κ2) is 9.52. The van der Waals surface area contributed by atoms with Gasteiger partial charge in [0.1, 0.15) is 11.5 Å². The largest absolute Gasteiger partial charge is 0.491 e. The van der Waals surface area contributed by atoms with Gasteiger partial charge >= 0.3 is 0 Å². The number of hydrogen-bond acceptors (Lipinski definition) is 5. The van der Waals surface area contributed by atoms with E-state index >= 15 is 0 Å². The van der Waals surface area contributed by atoms with E-state index in [2.05, 4.69) is 10.6 Å². The number of benzene rings is 3. The van der Waals surface area contributed by atoms with Gasteiger partial charge in [-0.1, -0.05) is 30.3 Å². The first-order valence-electron chi connectivity index (χ1n) is 10.5. The molecule has 0 aliphatic heterocycles. The average Bonchev–Trinajstić information content (AvgIpc) is 2.84. The van der Waals surface area contributed by atoms with E-state index < -0.39 is 40.4 Å². The van der Waals surface area contributed by atoms with Crippen LogP contribution in [-0.4, -0.2) is 7.11 Å². The standard InChI is InChI=1S/C26H21F3N2O3/c1-14(16-8-11-20(28)21(29)13-16)30-22(15-6-9-18(27)10-7-15)17-4-3-5-19(12-17)31-23-24(32)25(33)26(23)34-2/h3-14,22,30-31H,1-2H3. The van der Waals surface area contributed by atoms with Crippen molar-refractivity contribution in [3.05, 3.63) is 121 Å². The summed E-state index contributed by atoms with van der Waals surface area (Å²) in [6.45, 7) is 1.81. The van der Waals surface area contributed by atoms with Crippen LogP contribution in [0.4, 0.5) is 24.5 Å². The Bertz CT molecular complexity index is 1400. The highest BCUT2D eigenvalue weighted by atomic mass is 19.2. The molecule has 0 spiro atoms. The van der Waals surface area contributed by atoms with Crippen LogP contribution in [0.25, 0.3) is 0 Å². The van der Waals surface area contributed by atoms with Crippen molar-refractivity contribution in [1.29, 1.82) is 0 Å². The van der Waals surface area contributed by atoms with E-state index in [0.29, 0.717) is 11.3 Å². The van der Waals surface area contributed by atoms with Crippen LogP contribution in [0.15, 0.2) is 76.3 Å². The summed E-state index contributed by atoms with van der Waals surface area (Å²) in [5.74, 6) is -2.30. The fraction of sp³-hybridized carbons (Fsp3) is 0.154. The number of rotatable bonds is 8. The zero-order valence-electron chi connectivity index (χ0n) is 18.4. The fourth-order valence-corrected chi connectivity index (χ4v) is 3.79.